The number of thiophene rings is 2. The van der Waals surface area contributed by atoms with Crippen molar-refractivity contribution in [3.8, 4) is 0 Å². The molecule has 6 heteroatoms. The minimum atomic E-state index is -0.685. The summed E-state index contributed by atoms with van der Waals surface area (Å²) < 4.78 is 0. The minimum Gasteiger partial charge on any atom is -0.387 e. The number of nitrogens with one attached hydrogen (secondary N) is 1. The summed E-state index contributed by atoms with van der Waals surface area (Å²) in [6, 6.07) is 4.85. The molecular formula is C12H14N2O2S2. The fourth-order valence-electron chi connectivity index (χ4n) is 1.49. The molecule has 0 bridgehead atoms. The first-order valence-electron chi connectivity index (χ1n) is 5.45. The van der Waals surface area contributed by atoms with Crippen LogP contribution < -0.4 is 11.1 Å². The van der Waals surface area contributed by atoms with Gasteiger partial charge in [0.25, 0.3) is 0 Å². The average Bonchev–Trinajstić information content (AvgIpc) is 3.05. The van der Waals surface area contributed by atoms with E-state index >= 15 is 0 Å². The van der Waals surface area contributed by atoms with Gasteiger partial charge in [0, 0.05) is 11.4 Å². The summed E-state index contributed by atoms with van der Waals surface area (Å²) in [5.41, 5.74) is 6.62. The van der Waals surface area contributed by atoms with Crippen LogP contribution in [0.4, 0.5) is 0 Å². The Labute approximate surface area is 113 Å². The van der Waals surface area contributed by atoms with E-state index in [4.69, 9.17) is 5.73 Å². The van der Waals surface area contributed by atoms with Crippen molar-refractivity contribution >= 4 is 28.6 Å². The molecular weight excluding hydrogens is 268 g/mol. The largest absolute Gasteiger partial charge is 0.387 e. The Kier molecular flexibility index (Phi) is 4.48. The first-order chi connectivity index (χ1) is 8.68. The number of carbonyl (C=O) groups excluding carboxylic acids is 1. The van der Waals surface area contributed by atoms with Gasteiger partial charge in [0.2, 0.25) is 5.91 Å². The summed E-state index contributed by atoms with van der Waals surface area (Å²) in [5, 5.41) is 18.1. The predicted octanol–water partition coefficient (Wildman–Crippen LogP) is 1.66. The van der Waals surface area contributed by atoms with Crippen molar-refractivity contribution in [2.75, 3.05) is 6.54 Å². The van der Waals surface area contributed by atoms with Crippen LogP contribution in [0.1, 0.15) is 22.6 Å². The molecule has 0 fully saturated rings. The lowest BCUT2D eigenvalue weighted by atomic mass is 10.2. The van der Waals surface area contributed by atoms with Gasteiger partial charge in [-0.15, -0.1) is 11.3 Å². The second-order valence-corrected chi connectivity index (χ2v) is 5.57. The second kappa shape index (κ2) is 6.10. The molecule has 2 unspecified atom stereocenters. The molecule has 2 rings (SSSR count). The average molecular weight is 282 g/mol. The van der Waals surface area contributed by atoms with E-state index in [1.165, 1.54) is 22.7 Å². The normalized spacial score (nSPS) is 14.1. The number of aliphatic hydroxyl groups excluding tert-OH is 1. The summed E-state index contributed by atoms with van der Waals surface area (Å²) in [4.78, 5) is 12.6. The molecule has 2 heterocycles. The standard InChI is InChI=1S/C12H14N2O2S2/c13-11(10-2-1-4-18-10)12(16)14-6-9(15)8-3-5-17-7-8/h1-5,7,9,11,15H,6,13H2,(H,14,16). The van der Waals surface area contributed by atoms with E-state index in [0.29, 0.717) is 0 Å². The van der Waals surface area contributed by atoms with Crippen LogP contribution in [0.5, 0.6) is 0 Å². The molecule has 2 aromatic rings. The molecule has 0 aliphatic heterocycles. The molecule has 4 N–H and O–H groups in total. The SMILES string of the molecule is NC(C(=O)NCC(O)c1ccsc1)c1cccs1. The second-order valence-electron chi connectivity index (χ2n) is 3.81. The number of nitrogens with two attached hydrogens (primary N) is 1. The molecule has 96 valence electrons. The third kappa shape index (κ3) is 3.17. The predicted molar refractivity (Wildman–Crippen MR) is 73.5 cm³/mol. The van der Waals surface area contributed by atoms with Crippen LogP contribution in [-0.4, -0.2) is 17.6 Å². The molecule has 0 spiro atoms. The third-order valence-corrected chi connectivity index (χ3v) is 4.19. The monoisotopic (exact) mass is 282 g/mol. The molecule has 1 amide bonds. The van der Waals surface area contributed by atoms with Crippen molar-refractivity contribution in [3.63, 3.8) is 0 Å². The van der Waals surface area contributed by atoms with Gasteiger partial charge in [-0.25, -0.2) is 0 Å². The zero-order valence-corrected chi connectivity index (χ0v) is 11.2. The Balaban J connectivity index is 1.85. The summed E-state index contributed by atoms with van der Waals surface area (Å²) in [6.45, 7) is 0.175. The molecule has 2 aromatic heterocycles. The summed E-state index contributed by atoms with van der Waals surface area (Å²) >= 11 is 2.96. The van der Waals surface area contributed by atoms with Crippen LogP contribution in [0.3, 0.4) is 0 Å². The van der Waals surface area contributed by atoms with Crippen molar-refractivity contribution in [3.05, 3.63) is 44.8 Å². The van der Waals surface area contributed by atoms with Gasteiger partial charge in [0.1, 0.15) is 6.04 Å². The van der Waals surface area contributed by atoms with Crippen LogP contribution in [0.2, 0.25) is 0 Å². The van der Waals surface area contributed by atoms with Crippen LogP contribution in [0.25, 0.3) is 0 Å². The summed E-state index contributed by atoms with van der Waals surface area (Å²) in [5.74, 6) is -0.272. The van der Waals surface area contributed by atoms with E-state index in [1.54, 1.807) is 0 Å². The summed E-state index contributed by atoms with van der Waals surface area (Å²) in [7, 11) is 0. The first kappa shape index (κ1) is 13.2. The van der Waals surface area contributed by atoms with E-state index in [2.05, 4.69) is 5.32 Å². The zero-order valence-electron chi connectivity index (χ0n) is 9.58. The lowest BCUT2D eigenvalue weighted by Gasteiger charge is -2.13. The fraction of sp³-hybridized carbons (Fsp3) is 0.250. The van der Waals surface area contributed by atoms with Crippen LogP contribution in [0.15, 0.2) is 34.3 Å². The van der Waals surface area contributed by atoms with Crippen LogP contribution >= 0.6 is 22.7 Å². The quantitative estimate of drug-likeness (QED) is 0.780. The Morgan fingerprint density at radius 1 is 1.44 bits per heavy atom. The molecule has 0 saturated heterocycles. The zero-order chi connectivity index (χ0) is 13.0. The third-order valence-electron chi connectivity index (χ3n) is 2.53. The van der Waals surface area contributed by atoms with Gasteiger partial charge in [0.05, 0.1) is 6.10 Å². The van der Waals surface area contributed by atoms with E-state index in [1.807, 2.05) is 34.3 Å². The molecule has 2 atom stereocenters. The number of hydrogen-bond donors (Lipinski definition) is 3. The van der Waals surface area contributed by atoms with Crippen molar-refractivity contribution in [1.82, 2.24) is 5.32 Å². The van der Waals surface area contributed by atoms with Crippen molar-refractivity contribution in [1.29, 1.82) is 0 Å². The van der Waals surface area contributed by atoms with E-state index < -0.39 is 12.1 Å². The number of amides is 1. The molecule has 0 radical (unpaired) electrons. The first-order valence-corrected chi connectivity index (χ1v) is 7.27. The highest BCUT2D eigenvalue weighted by atomic mass is 32.1. The van der Waals surface area contributed by atoms with Crippen molar-refractivity contribution in [2.45, 2.75) is 12.1 Å². The van der Waals surface area contributed by atoms with E-state index in [9.17, 15) is 9.90 Å². The number of hydrogen-bond acceptors (Lipinski definition) is 5. The van der Waals surface area contributed by atoms with Gasteiger partial charge in [-0.2, -0.15) is 11.3 Å². The molecule has 0 saturated carbocycles. The lowest BCUT2D eigenvalue weighted by molar-refractivity contribution is -0.122. The van der Waals surface area contributed by atoms with Gasteiger partial charge in [-0.3, -0.25) is 4.79 Å². The Hall–Kier alpha value is -1.21. The maximum absolute atomic E-state index is 11.8. The maximum atomic E-state index is 11.8. The summed E-state index contributed by atoms with van der Waals surface area (Å²) in [6.07, 6.45) is -0.685. The van der Waals surface area contributed by atoms with E-state index in [0.717, 1.165) is 10.4 Å². The molecule has 0 aliphatic rings. The molecule has 0 aromatic carbocycles. The van der Waals surface area contributed by atoms with Crippen molar-refractivity contribution < 1.29 is 9.90 Å². The lowest BCUT2D eigenvalue weighted by Crippen LogP contribution is -2.36. The highest BCUT2D eigenvalue weighted by Crippen LogP contribution is 2.18. The Morgan fingerprint density at radius 3 is 2.89 bits per heavy atom. The van der Waals surface area contributed by atoms with Crippen LogP contribution in [-0.2, 0) is 4.79 Å². The van der Waals surface area contributed by atoms with Gasteiger partial charge < -0.3 is 16.2 Å². The van der Waals surface area contributed by atoms with E-state index in [-0.39, 0.29) is 12.5 Å². The molecule has 18 heavy (non-hydrogen) atoms. The minimum absolute atomic E-state index is 0.175. The topological polar surface area (TPSA) is 75.4 Å². The van der Waals surface area contributed by atoms with Gasteiger partial charge in [-0.1, -0.05) is 6.07 Å². The molecule has 4 nitrogen and oxygen atoms in total. The number of aliphatic hydroxyl groups is 1. The van der Waals surface area contributed by atoms with Gasteiger partial charge >= 0.3 is 0 Å². The van der Waals surface area contributed by atoms with Gasteiger partial charge in [-0.05, 0) is 33.8 Å². The fourth-order valence-corrected chi connectivity index (χ4v) is 2.92. The highest BCUT2D eigenvalue weighted by molar-refractivity contribution is 7.10. The smallest absolute Gasteiger partial charge is 0.242 e. The molecule has 0 aliphatic carbocycles. The van der Waals surface area contributed by atoms with Crippen molar-refractivity contribution in [2.24, 2.45) is 5.73 Å². The van der Waals surface area contributed by atoms with Crippen LogP contribution in [0, 0.1) is 0 Å². The maximum Gasteiger partial charge on any atom is 0.242 e. The Morgan fingerprint density at radius 2 is 2.28 bits per heavy atom. The number of rotatable bonds is 5. The number of carbonyl (C=O) groups is 1. The van der Waals surface area contributed by atoms with Gasteiger partial charge in [0.15, 0.2) is 0 Å². The Bertz CT molecular complexity index is 482. The highest BCUT2D eigenvalue weighted by Gasteiger charge is 2.17.